The zero-order valence-corrected chi connectivity index (χ0v) is 18.0. The standard InChI is InChI=1S/C21H18Cl2N2O3S/c1-28-18(26)11-25-19-16(23)9-15(22)10-17(19)29-21(25)24-20(27)14-7-6-12-4-2-3-5-13(12)8-14/h6-10H,2-5,11H2,1H3. The third-order valence-electron chi connectivity index (χ3n) is 5.00. The van der Waals surface area contributed by atoms with Gasteiger partial charge in [0.2, 0.25) is 0 Å². The van der Waals surface area contributed by atoms with Crippen LogP contribution in [0.2, 0.25) is 10.0 Å². The largest absolute Gasteiger partial charge is 0.468 e. The predicted molar refractivity (Wildman–Crippen MR) is 115 cm³/mol. The van der Waals surface area contributed by atoms with Gasteiger partial charge in [0, 0.05) is 10.6 Å². The summed E-state index contributed by atoms with van der Waals surface area (Å²) < 4.78 is 7.13. The van der Waals surface area contributed by atoms with Gasteiger partial charge in [0.15, 0.2) is 4.80 Å². The molecule has 2 aromatic carbocycles. The molecule has 3 aromatic rings. The zero-order valence-electron chi connectivity index (χ0n) is 15.7. The lowest BCUT2D eigenvalue weighted by Gasteiger charge is -2.15. The van der Waals surface area contributed by atoms with E-state index in [2.05, 4.69) is 4.99 Å². The lowest BCUT2D eigenvalue weighted by molar-refractivity contribution is -0.141. The number of methoxy groups -OCH3 is 1. The molecule has 0 unspecified atom stereocenters. The van der Waals surface area contributed by atoms with Gasteiger partial charge >= 0.3 is 5.97 Å². The average molecular weight is 449 g/mol. The summed E-state index contributed by atoms with van der Waals surface area (Å²) in [5.74, 6) is -0.816. The molecule has 0 N–H and O–H groups in total. The second kappa shape index (κ2) is 8.30. The third kappa shape index (κ3) is 4.10. The lowest BCUT2D eigenvalue weighted by Crippen LogP contribution is -2.22. The van der Waals surface area contributed by atoms with Gasteiger partial charge in [0.1, 0.15) is 6.54 Å². The smallest absolute Gasteiger partial charge is 0.325 e. The Kier molecular flexibility index (Phi) is 5.76. The maximum Gasteiger partial charge on any atom is 0.325 e. The van der Waals surface area contributed by atoms with Gasteiger partial charge in [-0.05, 0) is 61.1 Å². The number of thiazole rings is 1. The molecule has 0 radical (unpaired) electrons. The number of carbonyl (C=O) groups is 2. The molecule has 1 amide bonds. The Morgan fingerprint density at radius 3 is 2.66 bits per heavy atom. The number of nitrogens with zero attached hydrogens (tertiary/aromatic N) is 2. The van der Waals surface area contributed by atoms with E-state index < -0.39 is 5.97 Å². The molecule has 150 valence electrons. The summed E-state index contributed by atoms with van der Waals surface area (Å²) >= 11 is 13.7. The first-order valence-electron chi connectivity index (χ1n) is 9.22. The normalized spacial score (nSPS) is 14.1. The number of hydrogen-bond acceptors (Lipinski definition) is 4. The van der Waals surface area contributed by atoms with Crippen molar-refractivity contribution in [2.45, 2.75) is 32.2 Å². The van der Waals surface area contributed by atoms with E-state index in [1.807, 2.05) is 18.2 Å². The molecule has 0 spiro atoms. The summed E-state index contributed by atoms with van der Waals surface area (Å²) in [5.41, 5.74) is 3.66. The van der Waals surface area contributed by atoms with Crippen molar-refractivity contribution >= 4 is 56.6 Å². The van der Waals surface area contributed by atoms with E-state index >= 15 is 0 Å². The molecule has 0 saturated heterocycles. The summed E-state index contributed by atoms with van der Waals surface area (Å²) in [6, 6.07) is 9.10. The van der Waals surface area contributed by atoms with E-state index in [-0.39, 0.29) is 12.5 Å². The molecule has 1 aliphatic rings. The van der Waals surface area contributed by atoms with Gasteiger partial charge < -0.3 is 9.30 Å². The minimum atomic E-state index is -0.460. The number of fused-ring (bicyclic) bond motifs is 2. The van der Waals surface area contributed by atoms with Crippen molar-refractivity contribution in [2.75, 3.05) is 7.11 Å². The van der Waals surface area contributed by atoms with E-state index in [4.69, 9.17) is 27.9 Å². The molecule has 0 fully saturated rings. The number of aryl methyl sites for hydroxylation is 2. The molecule has 8 heteroatoms. The summed E-state index contributed by atoms with van der Waals surface area (Å²) in [6.07, 6.45) is 4.35. The van der Waals surface area contributed by atoms with Crippen LogP contribution in [0.5, 0.6) is 0 Å². The second-order valence-corrected chi connectivity index (χ2v) is 8.74. The fourth-order valence-corrected chi connectivity index (χ4v) is 5.38. The van der Waals surface area contributed by atoms with Crippen molar-refractivity contribution in [2.24, 2.45) is 4.99 Å². The molecule has 0 saturated carbocycles. The minimum Gasteiger partial charge on any atom is -0.468 e. The van der Waals surface area contributed by atoms with Gasteiger partial charge in [-0.15, -0.1) is 0 Å². The summed E-state index contributed by atoms with van der Waals surface area (Å²) in [6.45, 7) is -0.103. The highest BCUT2D eigenvalue weighted by atomic mass is 35.5. The van der Waals surface area contributed by atoms with E-state index in [0.29, 0.717) is 25.9 Å². The quantitative estimate of drug-likeness (QED) is 0.540. The van der Waals surface area contributed by atoms with Crippen LogP contribution in [0.15, 0.2) is 35.3 Å². The van der Waals surface area contributed by atoms with Gasteiger partial charge in [-0.3, -0.25) is 9.59 Å². The summed E-state index contributed by atoms with van der Waals surface area (Å²) in [5, 5.41) is 0.858. The number of aromatic nitrogens is 1. The first-order valence-corrected chi connectivity index (χ1v) is 10.8. The molecule has 1 aromatic heterocycles. The summed E-state index contributed by atoms with van der Waals surface area (Å²) in [7, 11) is 1.31. The molecule has 1 aliphatic carbocycles. The number of benzene rings is 2. The van der Waals surface area contributed by atoms with Crippen LogP contribution in [0.4, 0.5) is 0 Å². The van der Waals surface area contributed by atoms with Crippen LogP contribution >= 0.6 is 34.5 Å². The average Bonchev–Trinajstić information content (AvgIpc) is 3.04. The Balaban J connectivity index is 1.82. The number of hydrogen-bond donors (Lipinski definition) is 0. The van der Waals surface area contributed by atoms with Crippen molar-refractivity contribution in [1.82, 2.24) is 4.57 Å². The Bertz CT molecular complexity index is 1200. The molecular weight excluding hydrogens is 431 g/mol. The van der Waals surface area contributed by atoms with Crippen LogP contribution in [0.3, 0.4) is 0 Å². The molecule has 4 rings (SSSR count). The molecule has 1 heterocycles. The number of carbonyl (C=O) groups excluding carboxylic acids is 2. The fraction of sp³-hybridized carbons (Fsp3) is 0.286. The minimum absolute atomic E-state index is 0.103. The Morgan fingerprint density at radius 1 is 1.14 bits per heavy atom. The van der Waals surface area contributed by atoms with Gasteiger partial charge in [-0.25, -0.2) is 0 Å². The SMILES string of the molecule is COC(=O)Cn1c(=NC(=O)c2ccc3c(c2)CCCC3)sc2cc(Cl)cc(Cl)c21. The number of ether oxygens (including phenoxy) is 1. The van der Waals surface area contributed by atoms with Crippen molar-refractivity contribution in [3.05, 3.63) is 61.9 Å². The highest BCUT2D eigenvalue weighted by molar-refractivity contribution is 7.16. The number of rotatable bonds is 3. The topological polar surface area (TPSA) is 60.7 Å². The monoisotopic (exact) mass is 448 g/mol. The van der Waals surface area contributed by atoms with Crippen LogP contribution in [0, 0.1) is 0 Å². The van der Waals surface area contributed by atoms with Gasteiger partial charge in [-0.2, -0.15) is 4.99 Å². The highest BCUT2D eigenvalue weighted by Crippen LogP contribution is 2.30. The van der Waals surface area contributed by atoms with E-state index in [1.165, 1.54) is 36.0 Å². The molecule has 5 nitrogen and oxygen atoms in total. The highest BCUT2D eigenvalue weighted by Gasteiger charge is 2.17. The van der Waals surface area contributed by atoms with Gasteiger partial charge in [0.25, 0.3) is 5.91 Å². The number of amides is 1. The number of esters is 1. The first-order chi connectivity index (χ1) is 14.0. The van der Waals surface area contributed by atoms with Gasteiger partial charge in [0.05, 0.1) is 22.3 Å². The van der Waals surface area contributed by atoms with Crippen LogP contribution in [0.1, 0.15) is 34.3 Å². The van der Waals surface area contributed by atoms with Crippen molar-refractivity contribution in [1.29, 1.82) is 0 Å². The Labute approximate surface area is 181 Å². The van der Waals surface area contributed by atoms with Crippen molar-refractivity contribution in [3.8, 4) is 0 Å². The molecule has 0 aliphatic heterocycles. The van der Waals surface area contributed by atoms with Crippen molar-refractivity contribution < 1.29 is 14.3 Å². The predicted octanol–water partition coefficient (Wildman–Crippen LogP) is 4.80. The molecule has 29 heavy (non-hydrogen) atoms. The lowest BCUT2D eigenvalue weighted by atomic mass is 9.90. The first kappa shape index (κ1) is 20.1. The Morgan fingerprint density at radius 2 is 1.90 bits per heavy atom. The second-order valence-electron chi connectivity index (χ2n) is 6.89. The van der Waals surface area contributed by atoms with Crippen LogP contribution in [-0.2, 0) is 28.9 Å². The Hall–Kier alpha value is -2.15. The molecule has 0 atom stereocenters. The maximum absolute atomic E-state index is 12.9. The number of halogens is 2. The summed E-state index contributed by atoms with van der Waals surface area (Å²) in [4.78, 5) is 29.5. The maximum atomic E-state index is 12.9. The van der Waals surface area contributed by atoms with E-state index in [1.54, 1.807) is 16.7 Å². The molecular formula is C21H18Cl2N2O3S. The van der Waals surface area contributed by atoms with Crippen LogP contribution in [-0.4, -0.2) is 23.6 Å². The van der Waals surface area contributed by atoms with E-state index in [9.17, 15) is 9.59 Å². The van der Waals surface area contributed by atoms with Gasteiger partial charge in [-0.1, -0.05) is 40.6 Å². The van der Waals surface area contributed by atoms with Crippen molar-refractivity contribution in [3.63, 3.8) is 0 Å². The van der Waals surface area contributed by atoms with E-state index in [0.717, 1.165) is 24.0 Å². The fourth-order valence-electron chi connectivity index (χ4n) is 3.57. The molecule has 0 bridgehead atoms. The van der Waals surface area contributed by atoms with Crippen LogP contribution in [0.25, 0.3) is 10.2 Å². The zero-order chi connectivity index (χ0) is 20.5. The van der Waals surface area contributed by atoms with Crippen LogP contribution < -0.4 is 4.80 Å². The third-order valence-corrected chi connectivity index (χ3v) is 6.53.